The van der Waals surface area contributed by atoms with Crippen LogP contribution in [0.1, 0.15) is 27.0 Å². The maximum atomic E-state index is 12.2. The Morgan fingerprint density at radius 1 is 1.05 bits per heavy atom. The van der Waals surface area contributed by atoms with E-state index in [4.69, 9.17) is 0 Å². The van der Waals surface area contributed by atoms with Crippen LogP contribution in [0.2, 0.25) is 0 Å². The number of likely N-dealkylation sites (N-methyl/N-ethyl adjacent to an activating group) is 2. The standard InChI is InChI=1S/C15H22N2O2/c1-10-6-12(3)13(7-11(10)2)14(18)8-17(5)9-15(19)16-4/h6-7H,8-9H2,1-5H3,(H,16,19). The predicted octanol–water partition coefficient (Wildman–Crippen LogP) is 1.47. The Hall–Kier alpha value is -1.68. The topological polar surface area (TPSA) is 49.4 Å². The average Bonchev–Trinajstić information content (AvgIpc) is 2.33. The lowest BCUT2D eigenvalue weighted by Crippen LogP contribution is -2.36. The van der Waals surface area contributed by atoms with Crippen LogP contribution in [0.5, 0.6) is 0 Å². The third-order valence-corrected chi connectivity index (χ3v) is 3.25. The second kappa shape index (κ2) is 6.48. The molecule has 0 fully saturated rings. The number of carbonyl (C=O) groups excluding carboxylic acids is 2. The molecular formula is C15H22N2O2. The molecule has 1 N–H and O–H groups in total. The first-order valence-electron chi connectivity index (χ1n) is 6.35. The number of nitrogens with one attached hydrogen (secondary N) is 1. The minimum absolute atomic E-state index is 0.0482. The largest absolute Gasteiger partial charge is 0.358 e. The third kappa shape index (κ3) is 4.17. The van der Waals surface area contributed by atoms with E-state index in [1.165, 1.54) is 5.56 Å². The van der Waals surface area contributed by atoms with E-state index in [-0.39, 0.29) is 24.8 Å². The first-order valence-corrected chi connectivity index (χ1v) is 6.35. The molecule has 0 radical (unpaired) electrons. The van der Waals surface area contributed by atoms with Crippen molar-refractivity contribution >= 4 is 11.7 Å². The molecule has 4 heteroatoms. The number of rotatable bonds is 5. The monoisotopic (exact) mass is 262 g/mol. The fourth-order valence-electron chi connectivity index (χ4n) is 1.97. The van der Waals surface area contributed by atoms with E-state index in [1.807, 2.05) is 32.9 Å². The van der Waals surface area contributed by atoms with Gasteiger partial charge < -0.3 is 5.32 Å². The Bertz CT molecular complexity index is 495. The minimum Gasteiger partial charge on any atom is -0.358 e. The number of amides is 1. The Kier molecular flexibility index (Phi) is 5.24. The number of ketones is 1. The van der Waals surface area contributed by atoms with E-state index in [2.05, 4.69) is 5.32 Å². The van der Waals surface area contributed by atoms with Crippen molar-refractivity contribution in [1.29, 1.82) is 0 Å². The van der Waals surface area contributed by atoms with Gasteiger partial charge in [0.05, 0.1) is 13.1 Å². The summed E-state index contributed by atoms with van der Waals surface area (Å²) in [5.74, 6) is -0.0425. The summed E-state index contributed by atoms with van der Waals surface area (Å²) in [6.07, 6.45) is 0. The quantitative estimate of drug-likeness (QED) is 0.818. The summed E-state index contributed by atoms with van der Waals surface area (Å²) >= 11 is 0. The number of hydrogen-bond donors (Lipinski definition) is 1. The highest BCUT2D eigenvalue weighted by molar-refractivity contribution is 5.99. The lowest BCUT2D eigenvalue weighted by Gasteiger charge is -2.16. The summed E-state index contributed by atoms with van der Waals surface area (Å²) in [6, 6.07) is 3.96. The molecule has 0 aromatic heterocycles. The molecular weight excluding hydrogens is 240 g/mol. The molecule has 0 aliphatic carbocycles. The van der Waals surface area contributed by atoms with Gasteiger partial charge in [-0.2, -0.15) is 0 Å². The van der Waals surface area contributed by atoms with Crippen molar-refractivity contribution in [3.8, 4) is 0 Å². The maximum Gasteiger partial charge on any atom is 0.233 e. The molecule has 0 bridgehead atoms. The van der Waals surface area contributed by atoms with Gasteiger partial charge in [-0.3, -0.25) is 14.5 Å². The van der Waals surface area contributed by atoms with Crippen LogP contribution in [0.4, 0.5) is 0 Å². The first-order chi connectivity index (χ1) is 8.85. The number of Topliss-reactive ketones (excluding diaryl/α,β-unsaturated/α-hetero) is 1. The van der Waals surface area contributed by atoms with Gasteiger partial charge in [-0.05, 0) is 50.6 Å². The van der Waals surface area contributed by atoms with Crippen molar-refractivity contribution in [3.05, 3.63) is 34.4 Å². The normalized spacial score (nSPS) is 10.6. The van der Waals surface area contributed by atoms with Crippen molar-refractivity contribution in [2.45, 2.75) is 20.8 Å². The van der Waals surface area contributed by atoms with E-state index in [0.29, 0.717) is 0 Å². The van der Waals surface area contributed by atoms with E-state index < -0.39 is 0 Å². The van der Waals surface area contributed by atoms with Gasteiger partial charge in [0.2, 0.25) is 5.91 Å². The van der Waals surface area contributed by atoms with Crippen LogP contribution < -0.4 is 5.32 Å². The summed E-state index contributed by atoms with van der Waals surface area (Å²) in [7, 11) is 3.36. The predicted molar refractivity (Wildman–Crippen MR) is 76.5 cm³/mol. The maximum absolute atomic E-state index is 12.2. The molecule has 0 heterocycles. The molecule has 1 aromatic rings. The molecule has 0 aliphatic rings. The van der Waals surface area contributed by atoms with Gasteiger partial charge in [0.15, 0.2) is 5.78 Å². The number of carbonyl (C=O) groups is 2. The molecule has 19 heavy (non-hydrogen) atoms. The molecule has 0 unspecified atom stereocenters. The molecule has 0 spiro atoms. The van der Waals surface area contributed by atoms with E-state index in [9.17, 15) is 9.59 Å². The molecule has 0 saturated heterocycles. The summed E-state index contributed by atoms with van der Waals surface area (Å²) in [4.78, 5) is 25.2. The summed E-state index contributed by atoms with van der Waals surface area (Å²) in [6.45, 7) is 6.45. The van der Waals surface area contributed by atoms with Crippen LogP contribution >= 0.6 is 0 Å². The zero-order chi connectivity index (χ0) is 14.6. The van der Waals surface area contributed by atoms with Crippen LogP contribution in [0.3, 0.4) is 0 Å². The molecule has 1 aromatic carbocycles. The number of nitrogens with zero attached hydrogens (tertiary/aromatic N) is 1. The van der Waals surface area contributed by atoms with Crippen LogP contribution in [-0.2, 0) is 4.79 Å². The second-order valence-electron chi connectivity index (χ2n) is 5.02. The van der Waals surface area contributed by atoms with E-state index in [0.717, 1.165) is 16.7 Å². The fraction of sp³-hybridized carbons (Fsp3) is 0.467. The molecule has 1 amide bonds. The van der Waals surface area contributed by atoms with Gasteiger partial charge in [-0.25, -0.2) is 0 Å². The minimum atomic E-state index is -0.0906. The molecule has 0 aliphatic heterocycles. The fourth-order valence-corrected chi connectivity index (χ4v) is 1.97. The first kappa shape index (κ1) is 15.4. The lowest BCUT2D eigenvalue weighted by atomic mass is 9.98. The zero-order valence-electron chi connectivity index (χ0n) is 12.3. The van der Waals surface area contributed by atoms with Crippen molar-refractivity contribution in [1.82, 2.24) is 10.2 Å². The van der Waals surface area contributed by atoms with Gasteiger partial charge in [0.1, 0.15) is 0 Å². The molecule has 1 rings (SSSR count). The third-order valence-electron chi connectivity index (χ3n) is 3.25. The Morgan fingerprint density at radius 2 is 1.63 bits per heavy atom. The van der Waals surface area contributed by atoms with Crippen LogP contribution in [0, 0.1) is 20.8 Å². The average molecular weight is 262 g/mol. The molecule has 0 atom stereocenters. The molecule has 4 nitrogen and oxygen atoms in total. The Balaban J connectivity index is 2.78. The van der Waals surface area contributed by atoms with Crippen LogP contribution in [-0.4, -0.2) is 43.8 Å². The smallest absolute Gasteiger partial charge is 0.233 e. The Morgan fingerprint density at radius 3 is 2.21 bits per heavy atom. The van der Waals surface area contributed by atoms with Gasteiger partial charge in [-0.1, -0.05) is 6.07 Å². The summed E-state index contributed by atoms with van der Waals surface area (Å²) in [5, 5.41) is 2.54. The van der Waals surface area contributed by atoms with E-state index in [1.54, 1.807) is 19.0 Å². The molecule has 104 valence electrons. The van der Waals surface area contributed by atoms with Crippen LogP contribution in [0.15, 0.2) is 12.1 Å². The highest BCUT2D eigenvalue weighted by Gasteiger charge is 2.14. The number of aryl methyl sites for hydroxylation is 3. The van der Waals surface area contributed by atoms with Gasteiger partial charge in [-0.15, -0.1) is 0 Å². The van der Waals surface area contributed by atoms with E-state index >= 15 is 0 Å². The highest BCUT2D eigenvalue weighted by Crippen LogP contribution is 2.16. The van der Waals surface area contributed by atoms with Gasteiger partial charge >= 0.3 is 0 Å². The SMILES string of the molecule is CNC(=O)CN(C)CC(=O)c1cc(C)c(C)cc1C. The molecule has 0 saturated carbocycles. The van der Waals surface area contributed by atoms with Crippen molar-refractivity contribution < 1.29 is 9.59 Å². The van der Waals surface area contributed by atoms with Crippen LogP contribution in [0.25, 0.3) is 0 Å². The summed E-state index contributed by atoms with van der Waals surface area (Å²) < 4.78 is 0. The number of hydrogen-bond acceptors (Lipinski definition) is 3. The van der Waals surface area contributed by atoms with Gasteiger partial charge in [0.25, 0.3) is 0 Å². The Labute approximate surface area is 114 Å². The van der Waals surface area contributed by atoms with Crippen molar-refractivity contribution in [2.24, 2.45) is 0 Å². The second-order valence-corrected chi connectivity index (χ2v) is 5.02. The number of benzene rings is 1. The van der Waals surface area contributed by atoms with Crippen molar-refractivity contribution in [2.75, 3.05) is 27.2 Å². The van der Waals surface area contributed by atoms with Gasteiger partial charge in [0, 0.05) is 12.6 Å². The highest BCUT2D eigenvalue weighted by atomic mass is 16.2. The summed E-state index contributed by atoms with van der Waals surface area (Å²) in [5.41, 5.74) is 4.03. The zero-order valence-corrected chi connectivity index (χ0v) is 12.3. The van der Waals surface area contributed by atoms with Crippen molar-refractivity contribution in [3.63, 3.8) is 0 Å². The lowest BCUT2D eigenvalue weighted by molar-refractivity contribution is -0.121.